The first-order valence-corrected chi connectivity index (χ1v) is 7.48. The average molecular weight is 322 g/mol. The minimum atomic E-state index is -1.19. The van der Waals surface area contributed by atoms with Crippen LogP contribution in [0.3, 0.4) is 0 Å². The number of benzene rings is 1. The average Bonchev–Trinajstić information content (AvgIpc) is 2.42. The van der Waals surface area contributed by atoms with Gasteiger partial charge in [-0.05, 0) is 40.2 Å². The van der Waals surface area contributed by atoms with Crippen LogP contribution in [0, 0.1) is 0 Å². The van der Waals surface area contributed by atoms with Gasteiger partial charge in [-0.15, -0.1) is 0 Å². The zero-order valence-corrected chi connectivity index (χ0v) is 14.4. The third kappa shape index (κ3) is 6.69. The van der Waals surface area contributed by atoms with Crippen molar-refractivity contribution in [3.05, 3.63) is 35.9 Å². The minimum Gasteiger partial charge on any atom is -0.460 e. The van der Waals surface area contributed by atoms with Crippen molar-refractivity contribution in [2.45, 2.75) is 58.4 Å². The molecule has 0 spiro atoms. The number of alkyl carbamates (subject to hydrolysis) is 1. The lowest BCUT2D eigenvalue weighted by atomic mass is 9.99. The van der Waals surface area contributed by atoms with Gasteiger partial charge in [0.2, 0.25) is 0 Å². The van der Waals surface area contributed by atoms with Gasteiger partial charge in [0.25, 0.3) is 0 Å². The molecule has 0 heterocycles. The van der Waals surface area contributed by atoms with E-state index in [4.69, 9.17) is 15.2 Å². The van der Waals surface area contributed by atoms with Gasteiger partial charge in [0.15, 0.2) is 0 Å². The van der Waals surface area contributed by atoms with Crippen molar-refractivity contribution in [3.8, 4) is 0 Å². The second-order valence-corrected chi connectivity index (χ2v) is 6.94. The number of rotatable bonds is 5. The summed E-state index contributed by atoms with van der Waals surface area (Å²) in [5.41, 5.74) is 5.12. The number of hydrogen-bond donors (Lipinski definition) is 2. The molecule has 6 heteroatoms. The number of ether oxygens (including phenoxy) is 2. The van der Waals surface area contributed by atoms with Crippen LogP contribution >= 0.6 is 0 Å². The molecule has 1 aromatic rings. The van der Waals surface area contributed by atoms with Crippen LogP contribution in [-0.2, 0) is 20.9 Å². The lowest BCUT2D eigenvalue weighted by Gasteiger charge is -2.31. The number of esters is 1. The maximum absolute atomic E-state index is 12.1. The van der Waals surface area contributed by atoms with Crippen molar-refractivity contribution in [3.63, 3.8) is 0 Å². The Kier molecular flexibility index (Phi) is 6.15. The van der Waals surface area contributed by atoms with Crippen LogP contribution < -0.4 is 11.1 Å². The molecule has 0 aromatic heterocycles. The molecular weight excluding hydrogens is 296 g/mol. The van der Waals surface area contributed by atoms with Crippen molar-refractivity contribution in [1.29, 1.82) is 0 Å². The molecule has 6 nitrogen and oxygen atoms in total. The van der Waals surface area contributed by atoms with Crippen LogP contribution in [0.2, 0.25) is 0 Å². The fourth-order valence-corrected chi connectivity index (χ4v) is 1.74. The Bertz CT molecular complexity index is 535. The van der Waals surface area contributed by atoms with Gasteiger partial charge in [-0.3, -0.25) is 4.79 Å². The van der Waals surface area contributed by atoms with E-state index in [0.717, 1.165) is 5.56 Å². The van der Waals surface area contributed by atoms with Gasteiger partial charge < -0.3 is 20.5 Å². The highest BCUT2D eigenvalue weighted by Gasteiger charge is 2.37. The molecule has 1 aromatic carbocycles. The van der Waals surface area contributed by atoms with Gasteiger partial charge in [0.05, 0.1) is 0 Å². The molecular formula is C17H26N2O4. The maximum atomic E-state index is 12.1. The number of carbonyl (C=O) groups excluding carboxylic acids is 2. The van der Waals surface area contributed by atoms with Crippen molar-refractivity contribution in [2.75, 3.05) is 0 Å². The number of carbonyl (C=O) groups is 2. The fourth-order valence-electron chi connectivity index (χ4n) is 1.74. The van der Waals surface area contributed by atoms with Crippen LogP contribution in [0.15, 0.2) is 30.3 Å². The van der Waals surface area contributed by atoms with Crippen molar-refractivity contribution < 1.29 is 19.1 Å². The highest BCUT2D eigenvalue weighted by atomic mass is 16.6. The predicted molar refractivity (Wildman–Crippen MR) is 87.7 cm³/mol. The van der Waals surface area contributed by atoms with E-state index in [-0.39, 0.29) is 6.61 Å². The molecule has 0 radical (unpaired) electrons. The van der Waals surface area contributed by atoms with Gasteiger partial charge in [-0.25, -0.2) is 4.79 Å². The molecule has 0 fully saturated rings. The summed E-state index contributed by atoms with van der Waals surface area (Å²) in [6.07, 6.45) is -0.631. The second-order valence-electron chi connectivity index (χ2n) is 6.94. The molecule has 0 aliphatic carbocycles. The van der Waals surface area contributed by atoms with Gasteiger partial charge in [-0.1, -0.05) is 30.3 Å². The monoisotopic (exact) mass is 322 g/mol. The lowest BCUT2D eigenvalue weighted by Crippen LogP contribution is -2.54. The molecule has 3 N–H and O–H groups in total. The highest BCUT2D eigenvalue weighted by Crippen LogP contribution is 2.16. The quantitative estimate of drug-likeness (QED) is 0.812. The molecule has 0 aliphatic rings. The van der Waals surface area contributed by atoms with Crippen LogP contribution in [0.25, 0.3) is 0 Å². The lowest BCUT2D eigenvalue weighted by molar-refractivity contribution is -0.152. The molecule has 1 unspecified atom stereocenters. The Morgan fingerprint density at radius 1 is 1.13 bits per heavy atom. The molecule has 0 aliphatic heterocycles. The van der Waals surface area contributed by atoms with Crippen molar-refractivity contribution in [1.82, 2.24) is 5.32 Å². The van der Waals surface area contributed by atoms with Crippen LogP contribution in [-0.4, -0.2) is 29.2 Å². The molecule has 1 rings (SSSR count). The predicted octanol–water partition coefficient (Wildman–Crippen LogP) is 2.36. The Hall–Kier alpha value is -2.08. The molecule has 23 heavy (non-hydrogen) atoms. The van der Waals surface area contributed by atoms with E-state index < -0.39 is 29.2 Å². The van der Waals surface area contributed by atoms with Crippen LogP contribution in [0.5, 0.6) is 0 Å². The number of amides is 1. The summed E-state index contributed by atoms with van der Waals surface area (Å²) in [6.45, 7) is 8.75. The van der Waals surface area contributed by atoms with Crippen molar-refractivity contribution >= 4 is 12.1 Å². The van der Waals surface area contributed by atoms with Gasteiger partial charge in [0.1, 0.15) is 18.2 Å². The highest BCUT2D eigenvalue weighted by molar-refractivity contribution is 5.78. The maximum Gasteiger partial charge on any atom is 0.408 e. The summed E-state index contributed by atoms with van der Waals surface area (Å²) < 4.78 is 10.5. The molecule has 0 bridgehead atoms. The van der Waals surface area contributed by atoms with Crippen LogP contribution in [0.1, 0.15) is 40.2 Å². The van der Waals surface area contributed by atoms with Gasteiger partial charge >= 0.3 is 12.1 Å². The number of nitrogens with two attached hydrogens (primary N) is 1. The van der Waals surface area contributed by atoms with E-state index in [2.05, 4.69) is 5.32 Å². The molecule has 0 saturated heterocycles. The Morgan fingerprint density at radius 2 is 1.70 bits per heavy atom. The Labute approximate surface area is 137 Å². The largest absolute Gasteiger partial charge is 0.460 e. The van der Waals surface area contributed by atoms with E-state index in [1.54, 1.807) is 13.8 Å². The molecule has 0 saturated carbocycles. The van der Waals surface area contributed by atoms with Gasteiger partial charge in [-0.2, -0.15) is 0 Å². The summed E-state index contributed by atoms with van der Waals surface area (Å²) in [5.74, 6) is -0.623. The van der Waals surface area contributed by atoms with E-state index in [9.17, 15) is 9.59 Å². The van der Waals surface area contributed by atoms with Crippen LogP contribution in [0.4, 0.5) is 4.79 Å². The molecule has 1 amide bonds. The van der Waals surface area contributed by atoms with E-state index in [0.29, 0.717) is 0 Å². The number of hydrogen-bond acceptors (Lipinski definition) is 5. The standard InChI is InChI=1S/C17H26N2O4/c1-16(2,3)19-15(21)23-17(4,5)13(18)14(20)22-11-12-9-7-6-8-10-12/h6-10,13H,11,18H2,1-5H3,(H,19,21). The second kappa shape index (κ2) is 7.46. The van der Waals surface area contributed by atoms with Gasteiger partial charge in [0, 0.05) is 5.54 Å². The first kappa shape index (κ1) is 19.0. The zero-order chi connectivity index (χ0) is 17.7. The Balaban J connectivity index is 2.57. The summed E-state index contributed by atoms with van der Waals surface area (Å²) in [6, 6.07) is 8.19. The van der Waals surface area contributed by atoms with E-state index in [1.807, 2.05) is 51.1 Å². The van der Waals surface area contributed by atoms with Crippen molar-refractivity contribution in [2.24, 2.45) is 5.73 Å². The number of nitrogens with one attached hydrogen (secondary N) is 1. The molecule has 128 valence electrons. The normalized spacial score (nSPS) is 13.1. The fraction of sp³-hybridized carbons (Fsp3) is 0.529. The third-order valence-electron chi connectivity index (χ3n) is 3.06. The first-order chi connectivity index (χ1) is 10.5. The smallest absolute Gasteiger partial charge is 0.408 e. The first-order valence-electron chi connectivity index (χ1n) is 7.48. The van der Waals surface area contributed by atoms with E-state index in [1.165, 1.54) is 0 Å². The third-order valence-corrected chi connectivity index (χ3v) is 3.06. The summed E-state index contributed by atoms with van der Waals surface area (Å²) in [5, 5.41) is 2.66. The SMILES string of the molecule is CC(C)(C)NC(=O)OC(C)(C)C(N)C(=O)OCc1ccccc1. The van der Waals surface area contributed by atoms with E-state index >= 15 is 0 Å². The topological polar surface area (TPSA) is 90.6 Å². The molecule has 1 atom stereocenters. The Morgan fingerprint density at radius 3 is 2.22 bits per heavy atom. The summed E-state index contributed by atoms with van der Waals surface area (Å²) in [4.78, 5) is 23.9. The summed E-state index contributed by atoms with van der Waals surface area (Å²) >= 11 is 0. The summed E-state index contributed by atoms with van der Waals surface area (Å²) in [7, 11) is 0. The zero-order valence-electron chi connectivity index (χ0n) is 14.4. The minimum absolute atomic E-state index is 0.123.